The van der Waals surface area contributed by atoms with E-state index in [0.717, 1.165) is 24.8 Å². The van der Waals surface area contributed by atoms with Gasteiger partial charge < -0.3 is 48.6 Å². The van der Waals surface area contributed by atoms with Gasteiger partial charge in [0.05, 0.1) is 37.6 Å². The summed E-state index contributed by atoms with van der Waals surface area (Å²) in [4.78, 5) is 72.2. The smallest absolute Gasteiger partial charge is 0.329 e. The topological polar surface area (TPSA) is 205 Å². The summed E-state index contributed by atoms with van der Waals surface area (Å²) in [7, 11) is 4.61. The maximum Gasteiger partial charge on any atom is 0.329 e. The minimum atomic E-state index is -2.42. The van der Waals surface area contributed by atoms with Crippen molar-refractivity contribution in [3.63, 3.8) is 0 Å². The third-order valence-electron chi connectivity index (χ3n) is 15.2. The molecule has 0 aromatic rings. The van der Waals surface area contributed by atoms with Gasteiger partial charge in [-0.1, -0.05) is 58.9 Å². The Morgan fingerprint density at radius 1 is 0.868 bits per heavy atom. The van der Waals surface area contributed by atoms with Crippen molar-refractivity contribution in [2.75, 3.05) is 41.1 Å². The van der Waals surface area contributed by atoms with Gasteiger partial charge in [0.15, 0.2) is 5.78 Å². The van der Waals surface area contributed by atoms with Crippen LogP contribution in [0.1, 0.15) is 138 Å². The Morgan fingerprint density at radius 2 is 1.60 bits per heavy atom. The Bertz CT molecular complexity index is 1760. The van der Waals surface area contributed by atoms with Crippen LogP contribution in [0.5, 0.6) is 0 Å². The highest BCUT2D eigenvalue weighted by Crippen LogP contribution is 2.38. The highest BCUT2D eigenvalue weighted by atomic mass is 16.6. The van der Waals surface area contributed by atoms with Crippen LogP contribution in [0.3, 0.4) is 0 Å². The number of carbonyl (C=O) groups is 5. The van der Waals surface area contributed by atoms with Gasteiger partial charge in [0, 0.05) is 58.5 Å². The average molecular weight is 960 g/mol. The van der Waals surface area contributed by atoms with Crippen LogP contribution < -0.4 is 0 Å². The molecule has 1 saturated carbocycles. The summed E-state index contributed by atoms with van der Waals surface area (Å²) in [6.45, 7) is 13.1. The number of nitrogens with zero attached hydrogens (tertiary/aromatic N) is 1. The highest BCUT2D eigenvalue weighted by molar-refractivity contribution is 6.39. The molecule has 15 atom stereocenters. The van der Waals surface area contributed by atoms with Gasteiger partial charge in [-0.3, -0.25) is 19.2 Å². The molecule has 1 aliphatic carbocycles. The van der Waals surface area contributed by atoms with Crippen molar-refractivity contribution in [1.29, 1.82) is 0 Å². The van der Waals surface area contributed by atoms with Crippen LogP contribution in [0, 0.1) is 35.5 Å². The molecule has 0 aromatic carbocycles. The first-order valence-corrected chi connectivity index (χ1v) is 25.3. The van der Waals surface area contributed by atoms with Crippen LogP contribution in [0.15, 0.2) is 35.5 Å². The number of amides is 1. The molecule has 4 aliphatic rings. The fourth-order valence-corrected chi connectivity index (χ4v) is 10.8. The molecule has 3 fully saturated rings. The number of fused-ring (bicyclic) bond motifs is 3. The Balaban J connectivity index is 1.68. The number of ether oxygens (including phenoxy) is 6. The standard InChI is InChI=1S/C53H85NO14/c1-32-16-12-11-13-17-33(2)44(63-8)30-40-21-19-38(7)53(62,68-40)50(59)51(60)54-23-15-14-18-41(54)52(61)67-45(35(4)28-39-20-22-43(66-25-24-55)46(29-39)64-9)31-42(56)34(3)27-37(6)48(58)49(65-10)47(57)36(5)26-32/h11,13,17,27,32,34-36,38-41,43-46,48-49,55,58,62H,12,14-16,18-26,28-31H2,1-10H3/b13-11+,33-17+,37-27+/t32-,34?,35-,36?,38?,39?,40+,41?,43-,44+,45+,46?,48-,49?,53?/m1/s1. The van der Waals surface area contributed by atoms with Crippen LogP contribution in [0.2, 0.25) is 0 Å². The fourth-order valence-electron chi connectivity index (χ4n) is 10.8. The molecule has 1 amide bonds. The largest absolute Gasteiger partial charge is 0.460 e. The van der Waals surface area contributed by atoms with Gasteiger partial charge in [0.25, 0.3) is 11.7 Å². The highest BCUT2D eigenvalue weighted by Gasteiger charge is 2.53. The van der Waals surface area contributed by atoms with E-state index in [-0.39, 0.29) is 74.1 Å². The monoisotopic (exact) mass is 960 g/mol. The molecule has 0 aromatic heterocycles. The van der Waals surface area contributed by atoms with Crippen molar-refractivity contribution < 1.29 is 67.7 Å². The van der Waals surface area contributed by atoms with Crippen LogP contribution in [0.25, 0.3) is 0 Å². The van der Waals surface area contributed by atoms with E-state index < -0.39 is 77.8 Å². The molecule has 3 aliphatic heterocycles. The van der Waals surface area contributed by atoms with E-state index in [1.54, 1.807) is 41.1 Å². The summed E-state index contributed by atoms with van der Waals surface area (Å²) in [6, 6.07) is -1.14. The van der Waals surface area contributed by atoms with E-state index in [1.807, 2.05) is 32.9 Å². The first kappa shape index (κ1) is 57.4. The Labute approximate surface area is 405 Å². The van der Waals surface area contributed by atoms with Crippen LogP contribution in [0.4, 0.5) is 0 Å². The number of ketones is 3. The number of hydrogen-bond donors (Lipinski definition) is 3. The van der Waals surface area contributed by atoms with Crippen molar-refractivity contribution >= 4 is 29.2 Å². The predicted molar refractivity (Wildman–Crippen MR) is 256 cm³/mol. The molecule has 3 heterocycles. The number of rotatable bonds is 9. The number of aliphatic hydroxyl groups excluding tert-OH is 2. The van der Waals surface area contributed by atoms with E-state index in [2.05, 4.69) is 13.0 Å². The lowest BCUT2D eigenvalue weighted by Gasteiger charge is -2.42. The second kappa shape index (κ2) is 27.5. The summed E-state index contributed by atoms with van der Waals surface area (Å²) >= 11 is 0. The molecule has 386 valence electrons. The van der Waals surface area contributed by atoms with E-state index in [4.69, 9.17) is 28.4 Å². The van der Waals surface area contributed by atoms with Gasteiger partial charge in [-0.15, -0.1) is 0 Å². The SMILES string of the molecule is COC1C(=O)C(C)C[C@H](C)CC/C=C/C=C(\C)[C@@H](OC)C[C@@H]2CCC(C)C(O)(O2)C(=O)C(=O)N2CCCCC2C(=O)O[C@H]([C@H](C)CC2CC[C@@H](OCCO)C(OC)C2)CC(=O)C(C)/C=C(\C)[C@H]1O. The lowest BCUT2D eigenvalue weighted by Crippen LogP contribution is -2.61. The molecular formula is C53H85NO14. The summed E-state index contributed by atoms with van der Waals surface area (Å²) in [5.41, 5.74) is 1.31. The Hall–Kier alpha value is -3.15. The van der Waals surface area contributed by atoms with Crippen molar-refractivity contribution in [1.82, 2.24) is 4.90 Å². The van der Waals surface area contributed by atoms with Gasteiger partial charge in [0.2, 0.25) is 5.79 Å². The molecule has 2 bridgehead atoms. The molecule has 15 nitrogen and oxygen atoms in total. The van der Waals surface area contributed by atoms with Gasteiger partial charge in [-0.05, 0) is 120 Å². The normalized spacial score (nSPS) is 38.9. The third kappa shape index (κ3) is 15.4. The molecule has 8 unspecified atom stereocenters. The molecular weight excluding hydrogens is 875 g/mol. The van der Waals surface area contributed by atoms with Gasteiger partial charge >= 0.3 is 5.97 Å². The molecule has 0 radical (unpaired) electrons. The summed E-state index contributed by atoms with van der Waals surface area (Å²) in [5, 5.41) is 32.8. The minimum absolute atomic E-state index is 0.0900. The number of esters is 1. The number of cyclic esters (lactones) is 1. The number of allylic oxidation sites excluding steroid dienone is 4. The van der Waals surface area contributed by atoms with Crippen LogP contribution in [-0.4, -0.2) is 145 Å². The predicted octanol–water partition coefficient (Wildman–Crippen LogP) is 6.42. The summed E-state index contributed by atoms with van der Waals surface area (Å²) < 4.78 is 35.6. The van der Waals surface area contributed by atoms with Crippen molar-refractivity contribution in [2.45, 2.75) is 193 Å². The number of hydrogen-bond acceptors (Lipinski definition) is 14. The maximum atomic E-state index is 14.5. The zero-order valence-electron chi connectivity index (χ0n) is 42.7. The third-order valence-corrected chi connectivity index (χ3v) is 15.2. The lowest BCUT2D eigenvalue weighted by atomic mass is 9.78. The average Bonchev–Trinajstić information content (AvgIpc) is 3.32. The van der Waals surface area contributed by atoms with Crippen molar-refractivity contribution in [3.05, 3.63) is 35.5 Å². The number of methoxy groups -OCH3 is 3. The number of piperidine rings is 1. The fraction of sp³-hybridized carbons (Fsp3) is 0.792. The van der Waals surface area contributed by atoms with Crippen molar-refractivity contribution in [2.24, 2.45) is 35.5 Å². The number of Topliss-reactive ketones (excluding diaryl/α,β-unsaturated/α-hetero) is 3. The number of carbonyl (C=O) groups excluding carboxylic acids is 5. The van der Waals surface area contributed by atoms with E-state index in [9.17, 15) is 39.3 Å². The van der Waals surface area contributed by atoms with Crippen molar-refractivity contribution in [3.8, 4) is 0 Å². The van der Waals surface area contributed by atoms with Gasteiger partial charge in [-0.25, -0.2) is 4.79 Å². The molecule has 68 heavy (non-hydrogen) atoms. The minimum Gasteiger partial charge on any atom is -0.460 e. The van der Waals surface area contributed by atoms with Crippen LogP contribution >= 0.6 is 0 Å². The second-order valence-electron chi connectivity index (χ2n) is 20.5. The van der Waals surface area contributed by atoms with E-state index in [0.29, 0.717) is 63.4 Å². The lowest BCUT2D eigenvalue weighted by molar-refractivity contribution is -0.265. The number of aliphatic hydroxyl groups is 3. The summed E-state index contributed by atoms with van der Waals surface area (Å²) in [5.74, 6) is -7.64. The Morgan fingerprint density at radius 3 is 2.28 bits per heavy atom. The molecule has 3 N–H and O–H groups in total. The first-order valence-electron chi connectivity index (χ1n) is 25.3. The quantitative estimate of drug-likeness (QED) is 0.130. The molecule has 0 spiro atoms. The van der Waals surface area contributed by atoms with E-state index >= 15 is 0 Å². The first-order chi connectivity index (χ1) is 32.3. The molecule has 2 saturated heterocycles. The zero-order chi connectivity index (χ0) is 50.3. The molecule has 15 heteroatoms. The Kier molecular flexibility index (Phi) is 23.2. The van der Waals surface area contributed by atoms with Gasteiger partial charge in [-0.2, -0.15) is 0 Å². The summed E-state index contributed by atoms with van der Waals surface area (Å²) in [6.07, 6.45) is 10.3. The molecule has 4 rings (SSSR count). The maximum absolute atomic E-state index is 14.5. The van der Waals surface area contributed by atoms with E-state index in [1.165, 1.54) is 12.0 Å². The second-order valence-corrected chi connectivity index (χ2v) is 20.5. The zero-order valence-corrected chi connectivity index (χ0v) is 42.7. The van der Waals surface area contributed by atoms with Gasteiger partial charge in [0.1, 0.15) is 30.1 Å². The van der Waals surface area contributed by atoms with Crippen LogP contribution in [-0.2, 0) is 52.4 Å².